The first kappa shape index (κ1) is 9.79. The summed E-state index contributed by atoms with van der Waals surface area (Å²) in [4.78, 5) is 0. The summed E-state index contributed by atoms with van der Waals surface area (Å²) in [5, 5.41) is 0. The summed E-state index contributed by atoms with van der Waals surface area (Å²) >= 11 is 2.35. The van der Waals surface area contributed by atoms with Crippen LogP contribution in [0.1, 0.15) is 0 Å². The van der Waals surface area contributed by atoms with Gasteiger partial charge in [-0.25, -0.2) is 0 Å². The molecule has 0 bridgehead atoms. The predicted octanol–water partition coefficient (Wildman–Crippen LogP) is -3.29. The molecule has 0 spiro atoms. The Morgan fingerprint density at radius 2 is 1.75 bits per heavy atom. The third-order valence-electron chi connectivity index (χ3n) is 0. The zero-order chi connectivity index (χ0) is 2.71. The van der Waals surface area contributed by atoms with Crippen LogP contribution >= 0.6 is 0 Å². The fraction of sp³-hybridized carbons (Fsp3) is 0. The van der Waals surface area contributed by atoms with E-state index in [9.17, 15) is 0 Å². The molecule has 0 aromatic carbocycles. The van der Waals surface area contributed by atoms with Crippen molar-refractivity contribution >= 4 is 54.2 Å². The third kappa shape index (κ3) is 8.82. The quantitative estimate of drug-likeness (QED) is 0.331. The summed E-state index contributed by atoms with van der Waals surface area (Å²) in [6.45, 7) is 0. The first-order chi connectivity index (χ1) is 1.41. The van der Waals surface area contributed by atoms with Crippen LogP contribution in [-0.2, 0) is 14.0 Å². The van der Waals surface area contributed by atoms with Crippen molar-refractivity contribution in [2.24, 2.45) is 0 Å². The van der Waals surface area contributed by atoms with Gasteiger partial charge < -0.3 is 0 Å². The molecule has 4 heavy (non-hydrogen) atoms. The Morgan fingerprint density at radius 3 is 1.75 bits per heavy atom. The van der Waals surface area contributed by atoms with Gasteiger partial charge in [0.15, 0.2) is 0 Å². The molecule has 0 aromatic rings. The van der Waals surface area contributed by atoms with Crippen LogP contribution in [-0.4, -0.2) is 54.2 Å². The van der Waals surface area contributed by atoms with Gasteiger partial charge in [-0.2, -0.15) is 0 Å². The molecule has 0 radical (unpaired) electrons. The van der Waals surface area contributed by atoms with Crippen molar-refractivity contribution in [3.05, 3.63) is 0 Å². The van der Waals surface area contributed by atoms with Crippen LogP contribution in [0.3, 0.4) is 0 Å². The Labute approximate surface area is 66.9 Å². The molecule has 0 saturated carbocycles. The molecule has 0 N–H and O–H groups in total. The maximum atomic E-state index is 1.61. The number of hydrogen-bond acceptors (Lipinski definition) is 0. The van der Waals surface area contributed by atoms with Gasteiger partial charge in [0.25, 0.3) is 0 Å². The summed E-state index contributed by atoms with van der Waals surface area (Å²) in [6.07, 6.45) is 0. The fourth-order valence-corrected chi connectivity index (χ4v) is 0. The van der Waals surface area contributed by atoms with Crippen molar-refractivity contribution < 1.29 is 14.0 Å². The zero-order valence-electron chi connectivity index (χ0n) is 2.69. The van der Waals surface area contributed by atoms with Gasteiger partial charge in [-0.1, -0.05) is 0 Å². The van der Waals surface area contributed by atoms with E-state index in [2.05, 4.69) is 0 Å². The molecule has 0 aliphatic carbocycles. The third-order valence-corrected chi connectivity index (χ3v) is 0. The van der Waals surface area contributed by atoms with Gasteiger partial charge in [-0.3, -0.25) is 0 Å². The predicted molar refractivity (Wildman–Crippen MR) is 28.4 cm³/mol. The molecular weight excluding hydrogens is 455 g/mol. The van der Waals surface area contributed by atoms with Gasteiger partial charge in [0, 0.05) is 0 Å². The van der Waals surface area contributed by atoms with Gasteiger partial charge in [-0.05, 0) is 0 Å². The Morgan fingerprint density at radius 1 is 1.75 bits per heavy atom. The van der Waals surface area contributed by atoms with E-state index in [-0.39, 0.29) is 26.2 Å². The van der Waals surface area contributed by atoms with Crippen molar-refractivity contribution in [2.45, 2.75) is 0 Å². The van der Waals surface area contributed by atoms with Crippen LogP contribution in [0.25, 0.3) is 0 Å². The second kappa shape index (κ2) is 9.15. The normalized spacial score (nSPS) is 5.25. The Balaban J connectivity index is 0. The molecular formula is H8BiMoSbSi. The van der Waals surface area contributed by atoms with Crippen molar-refractivity contribution in [1.82, 2.24) is 0 Å². The summed E-state index contributed by atoms with van der Waals surface area (Å²) in [5.41, 5.74) is 0. The van der Waals surface area contributed by atoms with Crippen molar-refractivity contribution in [3.63, 3.8) is 0 Å². The Bertz CT molecular complexity index is 8.00. The van der Waals surface area contributed by atoms with Crippen LogP contribution in [0.15, 0.2) is 0 Å². The standard InChI is InChI=1S/Bi.Mo.Sb.H3Si.5H/h;;;1H3;;;;;. The first-order valence-corrected chi connectivity index (χ1v) is 16.6. The average molecular weight is 463 g/mol. The van der Waals surface area contributed by atoms with E-state index in [0.29, 0.717) is 0 Å². The molecule has 28 valence electrons. The van der Waals surface area contributed by atoms with E-state index in [1.165, 1.54) is 0 Å². The molecule has 0 unspecified atom stereocenters. The van der Waals surface area contributed by atoms with E-state index in [4.69, 9.17) is 0 Å². The first-order valence-electron chi connectivity index (χ1n) is 0.644. The molecule has 0 nitrogen and oxygen atoms in total. The minimum absolute atomic E-state index is 0. The van der Waals surface area contributed by atoms with Gasteiger partial charge in [0.1, 0.15) is 0 Å². The summed E-state index contributed by atoms with van der Waals surface area (Å²) < 4.78 is 0. The van der Waals surface area contributed by atoms with Crippen LogP contribution in [0.4, 0.5) is 0 Å². The van der Waals surface area contributed by atoms with Gasteiger partial charge >= 0.3 is 68.2 Å². The van der Waals surface area contributed by atoms with Crippen LogP contribution in [0.5, 0.6) is 0 Å². The van der Waals surface area contributed by atoms with E-state index in [1.54, 1.807) is 28.0 Å². The van der Waals surface area contributed by atoms with Crippen molar-refractivity contribution in [2.75, 3.05) is 0 Å². The minimum atomic E-state index is 0. The molecule has 0 aliphatic rings. The number of hydrogen-bond donors (Lipinski definition) is 0. The van der Waals surface area contributed by atoms with E-state index >= 15 is 0 Å². The molecule has 0 atom stereocenters. The molecule has 4 heteroatoms. The van der Waals surface area contributed by atoms with Crippen molar-refractivity contribution in [1.29, 1.82) is 0 Å². The second-order valence-corrected chi connectivity index (χ2v) is 28.1. The molecule has 0 amide bonds. The average Bonchev–Trinajstić information content (AvgIpc) is 0.918. The maximum absolute atomic E-state index is 1.61. The van der Waals surface area contributed by atoms with Gasteiger partial charge in [0.2, 0.25) is 0 Å². The van der Waals surface area contributed by atoms with E-state index in [1.807, 2.05) is 0 Å². The molecule has 0 saturated heterocycles. The molecule has 0 heterocycles. The zero-order valence-corrected chi connectivity index (χ0v) is 15.5. The van der Waals surface area contributed by atoms with Crippen LogP contribution in [0.2, 0.25) is 0 Å². The fourth-order valence-electron chi connectivity index (χ4n) is 0. The van der Waals surface area contributed by atoms with E-state index < -0.39 is 0 Å². The topological polar surface area (TPSA) is 0 Å². The number of rotatable bonds is 0. The van der Waals surface area contributed by atoms with Gasteiger partial charge in [0.05, 0.1) is 0 Å². The SMILES string of the molecule is [BiH3].[SiH3][Mo][SbH2]. The van der Waals surface area contributed by atoms with Crippen LogP contribution < -0.4 is 0 Å². The summed E-state index contributed by atoms with van der Waals surface area (Å²) in [5.74, 6) is 0. The molecule has 0 rings (SSSR count). The molecule has 0 aromatic heterocycles. The van der Waals surface area contributed by atoms with Crippen LogP contribution in [0, 0.1) is 0 Å². The monoisotopic (exact) mass is 464 g/mol. The van der Waals surface area contributed by atoms with E-state index in [0.717, 1.165) is 14.0 Å². The second-order valence-electron chi connectivity index (χ2n) is 0.236. The Hall–Kier alpha value is 2.61. The molecule has 0 aliphatic heterocycles. The van der Waals surface area contributed by atoms with Crippen molar-refractivity contribution in [3.8, 4) is 0 Å². The molecule has 0 fully saturated rings. The Kier molecular flexibility index (Phi) is 22.4. The summed E-state index contributed by atoms with van der Waals surface area (Å²) in [6, 6.07) is 0. The summed E-state index contributed by atoms with van der Waals surface area (Å²) in [7, 11) is 1.56. The van der Waals surface area contributed by atoms with Gasteiger partial charge in [-0.15, -0.1) is 0 Å².